The van der Waals surface area contributed by atoms with Crippen molar-refractivity contribution in [1.82, 2.24) is 9.44 Å². The number of rotatable bonds is 6. The predicted octanol–water partition coefficient (Wildman–Crippen LogP) is 0.852. The maximum Gasteiger partial charge on any atom is 0.322 e. The van der Waals surface area contributed by atoms with E-state index in [4.69, 9.17) is 5.11 Å². The molecule has 18 heavy (non-hydrogen) atoms. The van der Waals surface area contributed by atoms with E-state index in [9.17, 15) is 13.2 Å². The van der Waals surface area contributed by atoms with Gasteiger partial charge in [0.15, 0.2) is 0 Å². The lowest BCUT2D eigenvalue weighted by Crippen LogP contribution is -2.51. The Morgan fingerprint density at radius 3 is 2.17 bits per heavy atom. The van der Waals surface area contributed by atoms with Crippen molar-refractivity contribution < 1.29 is 18.3 Å². The molecule has 0 heterocycles. The van der Waals surface area contributed by atoms with Crippen molar-refractivity contribution in [3.8, 4) is 0 Å². The maximum atomic E-state index is 11.7. The van der Waals surface area contributed by atoms with Gasteiger partial charge in [0.2, 0.25) is 0 Å². The minimum absolute atomic E-state index is 0.111. The van der Waals surface area contributed by atoms with Crippen LogP contribution in [-0.4, -0.2) is 31.6 Å². The second-order valence-corrected chi connectivity index (χ2v) is 6.59. The van der Waals surface area contributed by atoms with Gasteiger partial charge in [-0.1, -0.05) is 19.3 Å². The second-order valence-electron chi connectivity index (χ2n) is 5.11. The molecule has 1 aliphatic carbocycles. The fourth-order valence-corrected chi connectivity index (χ4v) is 3.64. The number of aliphatic carboxylic acids is 1. The third kappa shape index (κ3) is 4.91. The Morgan fingerprint density at radius 2 is 1.72 bits per heavy atom. The molecule has 1 atom stereocenters. The Morgan fingerprint density at radius 1 is 1.17 bits per heavy atom. The van der Waals surface area contributed by atoms with E-state index >= 15 is 0 Å². The summed E-state index contributed by atoms with van der Waals surface area (Å²) in [6, 6.07) is -1.29. The average Bonchev–Trinajstić information content (AvgIpc) is 2.25. The molecule has 1 fully saturated rings. The molecule has 0 aliphatic heterocycles. The van der Waals surface area contributed by atoms with E-state index in [1.165, 1.54) is 0 Å². The number of carboxylic acid groups (broad SMARTS) is 1. The maximum absolute atomic E-state index is 11.7. The highest BCUT2D eigenvalue weighted by atomic mass is 32.2. The Bertz CT molecular complexity index is 375. The molecule has 0 saturated heterocycles. The number of carbonyl (C=O) groups is 1. The van der Waals surface area contributed by atoms with Gasteiger partial charge >= 0.3 is 5.97 Å². The molecule has 0 radical (unpaired) electrons. The minimum atomic E-state index is -3.76. The van der Waals surface area contributed by atoms with Gasteiger partial charge in [0.05, 0.1) is 0 Å². The summed E-state index contributed by atoms with van der Waals surface area (Å²) in [5.41, 5.74) is 0. The van der Waals surface area contributed by atoms with Crippen LogP contribution in [0.1, 0.15) is 46.0 Å². The lowest BCUT2D eigenvalue weighted by Gasteiger charge is -2.28. The molecule has 1 aliphatic rings. The van der Waals surface area contributed by atoms with Crippen LogP contribution in [0, 0.1) is 5.92 Å². The summed E-state index contributed by atoms with van der Waals surface area (Å²) in [6.45, 7) is 3.38. The highest BCUT2D eigenvalue weighted by Gasteiger charge is 2.32. The lowest BCUT2D eigenvalue weighted by atomic mass is 9.84. The Labute approximate surface area is 108 Å². The van der Waals surface area contributed by atoms with Gasteiger partial charge in [-0.25, -0.2) is 0 Å². The molecule has 7 heteroatoms. The lowest BCUT2D eigenvalue weighted by molar-refractivity contribution is -0.140. The monoisotopic (exact) mass is 278 g/mol. The largest absolute Gasteiger partial charge is 0.480 e. The van der Waals surface area contributed by atoms with Crippen molar-refractivity contribution in [2.24, 2.45) is 5.92 Å². The summed E-state index contributed by atoms with van der Waals surface area (Å²) < 4.78 is 28.0. The van der Waals surface area contributed by atoms with Crippen LogP contribution in [-0.2, 0) is 15.0 Å². The van der Waals surface area contributed by atoms with E-state index in [-0.39, 0.29) is 12.0 Å². The number of hydrogen-bond acceptors (Lipinski definition) is 3. The third-order valence-electron chi connectivity index (χ3n) is 3.06. The zero-order valence-electron chi connectivity index (χ0n) is 10.8. The number of nitrogens with one attached hydrogen (secondary N) is 2. The molecule has 0 spiro atoms. The summed E-state index contributed by atoms with van der Waals surface area (Å²) in [5, 5.41) is 9.17. The molecule has 0 aromatic rings. The Balaban J connectivity index is 2.71. The van der Waals surface area contributed by atoms with Crippen LogP contribution in [0.3, 0.4) is 0 Å². The van der Waals surface area contributed by atoms with Gasteiger partial charge in [0, 0.05) is 6.04 Å². The number of hydrogen-bond donors (Lipinski definition) is 3. The molecule has 0 aromatic carbocycles. The van der Waals surface area contributed by atoms with Crippen LogP contribution in [0.5, 0.6) is 0 Å². The van der Waals surface area contributed by atoms with Crippen LogP contribution in [0.2, 0.25) is 0 Å². The van der Waals surface area contributed by atoms with Crippen LogP contribution >= 0.6 is 0 Å². The molecule has 1 saturated carbocycles. The van der Waals surface area contributed by atoms with E-state index in [1.807, 2.05) is 0 Å². The summed E-state index contributed by atoms with van der Waals surface area (Å²) in [4.78, 5) is 11.2. The van der Waals surface area contributed by atoms with Gasteiger partial charge in [0.1, 0.15) is 6.04 Å². The van der Waals surface area contributed by atoms with Crippen molar-refractivity contribution in [3.63, 3.8) is 0 Å². The van der Waals surface area contributed by atoms with Crippen LogP contribution < -0.4 is 9.44 Å². The normalized spacial score (nSPS) is 19.9. The van der Waals surface area contributed by atoms with E-state index in [2.05, 4.69) is 9.44 Å². The summed E-state index contributed by atoms with van der Waals surface area (Å²) in [7, 11) is -3.76. The first-order valence-electron chi connectivity index (χ1n) is 6.34. The quantitative estimate of drug-likeness (QED) is 0.671. The minimum Gasteiger partial charge on any atom is -0.480 e. The molecule has 6 nitrogen and oxygen atoms in total. The smallest absolute Gasteiger partial charge is 0.322 e. The van der Waals surface area contributed by atoms with E-state index in [0.29, 0.717) is 0 Å². The first kappa shape index (κ1) is 15.4. The molecule has 1 unspecified atom stereocenters. The van der Waals surface area contributed by atoms with Gasteiger partial charge < -0.3 is 5.11 Å². The molecule has 1 rings (SSSR count). The molecule has 0 bridgehead atoms. The van der Waals surface area contributed by atoms with Gasteiger partial charge in [-0.3, -0.25) is 4.79 Å². The van der Waals surface area contributed by atoms with Crippen molar-refractivity contribution in [2.45, 2.75) is 58.0 Å². The third-order valence-corrected chi connectivity index (χ3v) is 4.41. The average molecular weight is 278 g/mol. The molecular weight excluding hydrogens is 256 g/mol. The standard InChI is InChI=1S/C11H22N2O4S/c1-8(2)12-18(16,17)13-10(11(14)15)9-6-4-3-5-7-9/h8-10,12-13H,3-7H2,1-2H3,(H,14,15). The zero-order valence-corrected chi connectivity index (χ0v) is 11.7. The number of carboxylic acids is 1. The molecular formula is C11H22N2O4S. The Kier molecular flexibility index (Phi) is 5.55. The van der Waals surface area contributed by atoms with Crippen molar-refractivity contribution in [2.75, 3.05) is 0 Å². The zero-order chi connectivity index (χ0) is 13.8. The molecule has 0 aromatic heterocycles. The van der Waals surface area contributed by atoms with Gasteiger partial charge in [-0.2, -0.15) is 17.9 Å². The van der Waals surface area contributed by atoms with E-state index in [1.54, 1.807) is 13.8 Å². The second kappa shape index (κ2) is 6.49. The SMILES string of the molecule is CC(C)NS(=O)(=O)NC(C(=O)O)C1CCCCC1. The Hall–Kier alpha value is -0.660. The topological polar surface area (TPSA) is 95.5 Å². The molecule has 106 valence electrons. The van der Waals surface area contributed by atoms with Gasteiger partial charge in [0.25, 0.3) is 10.2 Å². The van der Waals surface area contributed by atoms with Gasteiger partial charge in [-0.15, -0.1) is 0 Å². The van der Waals surface area contributed by atoms with E-state index in [0.717, 1.165) is 32.1 Å². The fourth-order valence-electron chi connectivity index (χ4n) is 2.33. The molecule has 3 N–H and O–H groups in total. The van der Waals surface area contributed by atoms with Gasteiger partial charge in [-0.05, 0) is 32.6 Å². The van der Waals surface area contributed by atoms with Crippen LogP contribution in [0.4, 0.5) is 0 Å². The summed E-state index contributed by atoms with van der Waals surface area (Å²) in [5.74, 6) is -1.21. The highest BCUT2D eigenvalue weighted by Crippen LogP contribution is 2.26. The predicted molar refractivity (Wildman–Crippen MR) is 68.3 cm³/mol. The first-order valence-corrected chi connectivity index (χ1v) is 7.82. The first-order chi connectivity index (χ1) is 8.32. The van der Waals surface area contributed by atoms with Crippen molar-refractivity contribution >= 4 is 16.2 Å². The fraction of sp³-hybridized carbons (Fsp3) is 0.909. The van der Waals surface area contributed by atoms with Crippen molar-refractivity contribution in [1.29, 1.82) is 0 Å². The van der Waals surface area contributed by atoms with Crippen molar-refractivity contribution in [3.05, 3.63) is 0 Å². The molecule has 0 amide bonds. The highest BCUT2D eigenvalue weighted by molar-refractivity contribution is 7.87. The summed E-state index contributed by atoms with van der Waals surface area (Å²) >= 11 is 0. The van der Waals surface area contributed by atoms with Crippen LogP contribution in [0.15, 0.2) is 0 Å². The summed E-state index contributed by atoms with van der Waals surface area (Å²) in [6.07, 6.45) is 4.56. The van der Waals surface area contributed by atoms with Crippen LogP contribution in [0.25, 0.3) is 0 Å². The van der Waals surface area contributed by atoms with E-state index < -0.39 is 22.2 Å².